The molecule has 5 nitrogen and oxygen atoms in total. The van der Waals surface area contributed by atoms with Gasteiger partial charge >= 0.3 is 0 Å². The lowest BCUT2D eigenvalue weighted by molar-refractivity contribution is -0.384. The number of nitrogens with one attached hydrogen (secondary N) is 1. The average Bonchev–Trinajstić information content (AvgIpc) is 2.89. The molecule has 2 heterocycles. The summed E-state index contributed by atoms with van der Waals surface area (Å²) in [5, 5.41) is 14.0. The first-order valence-corrected chi connectivity index (χ1v) is 7.56. The predicted molar refractivity (Wildman–Crippen MR) is 79.3 cm³/mol. The Hall–Kier alpha value is -1.40. The van der Waals surface area contributed by atoms with E-state index in [4.69, 9.17) is 11.6 Å². The Bertz CT molecular complexity index is 569. The van der Waals surface area contributed by atoms with Crippen molar-refractivity contribution in [1.29, 1.82) is 0 Å². The van der Waals surface area contributed by atoms with Gasteiger partial charge in [0.2, 0.25) is 0 Å². The first kappa shape index (κ1) is 14.5. The first-order valence-electron chi connectivity index (χ1n) is 7.18. The van der Waals surface area contributed by atoms with Gasteiger partial charge in [0.1, 0.15) is 11.5 Å². The van der Waals surface area contributed by atoms with Crippen molar-refractivity contribution in [3.63, 3.8) is 0 Å². The highest BCUT2D eigenvalue weighted by atomic mass is 35.5. The van der Waals surface area contributed by atoms with E-state index in [1.165, 1.54) is 12.8 Å². The fourth-order valence-corrected chi connectivity index (χ4v) is 3.54. The van der Waals surface area contributed by atoms with Gasteiger partial charge in [-0.25, -0.2) is 4.39 Å². The van der Waals surface area contributed by atoms with Crippen LogP contribution in [-0.2, 0) is 0 Å². The fraction of sp³-hybridized carbons (Fsp3) is 0.571. The monoisotopic (exact) mass is 313 g/mol. The second-order valence-corrected chi connectivity index (χ2v) is 6.15. The minimum atomic E-state index is -0.636. The van der Waals surface area contributed by atoms with Crippen molar-refractivity contribution in [1.82, 2.24) is 4.90 Å². The standard InChI is InChI=1S/C14H17ClFN3O2/c15-11-7-14(19(20)21)13(8-12(11)16)17-9-3-5-18-4-1-2-10(18)6-9/h7-10,17H,1-6H2. The highest BCUT2D eigenvalue weighted by Gasteiger charge is 2.32. The van der Waals surface area contributed by atoms with E-state index in [1.807, 2.05) is 0 Å². The molecule has 1 aromatic rings. The Labute approximate surface area is 127 Å². The molecule has 2 aliphatic heterocycles. The van der Waals surface area contributed by atoms with Crippen LogP contribution in [0.5, 0.6) is 0 Å². The molecule has 0 aliphatic carbocycles. The van der Waals surface area contributed by atoms with Crippen molar-refractivity contribution in [2.75, 3.05) is 18.4 Å². The Kier molecular flexibility index (Phi) is 3.99. The van der Waals surface area contributed by atoms with Crippen molar-refractivity contribution in [2.24, 2.45) is 0 Å². The van der Waals surface area contributed by atoms with Gasteiger partial charge in [0.15, 0.2) is 0 Å². The minimum absolute atomic E-state index is 0.142. The molecule has 3 rings (SSSR count). The highest BCUT2D eigenvalue weighted by molar-refractivity contribution is 6.31. The third-order valence-electron chi connectivity index (χ3n) is 4.42. The molecule has 0 radical (unpaired) electrons. The first-order chi connectivity index (χ1) is 10.0. The number of nitro benzene ring substituents is 1. The topological polar surface area (TPSA) is 58.4 Å². The molecule has 7 heteroatoms. The summed E-state index contributed by atoms with van der Waals surface area (Å²) in [4.78, 5) is 13.0. The van der Waals surface area contributed by atoms with Crippen LogP contribution >= 0.6 is 11.6 Å². The number of anilines is 1. The number of fused-ring (bicyclic) bond motifs is 1. The van der Waals surface area contributed by atoms with Crippen LogP contribution in [0.3, 0.4) is 0 Å². The number of hydrogen-bond acceptors (Lipinski definition) is 4. The normalized spacial score (nSPS) is 25.6. The molecule has 0 aromatic heterocycles. The molecule has 0 saturated carbocycles. The van der Waals surface area contributed by atoms with Crippen molar-refractivity contribution in [3.8, 4) is 0 Å². The van der Waals surface area contributed by atoms with Crippen LogP contribution in [0.2, 0.25) is 5.02 Å². The summed E-state index contributed by atoms with van der Waals surface area (Å²) < 4.78 is 13.6. The SMILES string of the molecule is O=[N+]([O-])c1cc(Cl)c(F)cc1NC1CCN2CCCC2C1. The molecular weight excluding hydrogens is 297 g/mol. The van der Waals surface area contributed by atoms with Crippen LogP contribution in [-0.4, -0.2) is 35.0 Å². The number of benzene rings is 1. The van der Waals surface area contributed by atoms with Gasteiger partial charge in [-0.3, -0.25) is 10.1 Å². The molecule has 0 spiro atoms. The number of piperidine rings is 1. The predicted octanol–water partition coefficient (Wildman–Crippen LogP) is 3.43. The number of nitrogens with zero attached hydrogens (tertiary/aromatic N) is 2. The Balaban J connectivity index is 1.78. The van der Waals surface area contributed by atoms with E-state index >= 15 is 0 Å². The average molecular weight is 314 g/mol. The van der Waals surface area contributed by atoms with E-state index in [0.29, 0.717) is 6.04 Å². The molecule has 21 heavy (non-hydrogen) atoms. The largest absolute Gasteiger partial charge is 0.377 e. The van der Waals surface area contributed by atoms with Crippen molar-refractivity contribution in [2.45, 2.75) is 37.8 Å². The van der Waals surface area contributed by atoms with Crippen LogP contribution in [0.1, 0.15) is 25.7 Å². The lowest BCUT2D eigenvalue weighted by Crippen LogP contribution is -2.42. The molecule has 1 aromatic carbocycles. The summed E-state index contributed by atoms with van der Waals surface area (Å²) in [6, 6.07) is 2.89. The van der Waals surface area contributed by atoms with Crippen LogP contribution in [0.15, 0.2) is 12.1 Å². The molecule has 2 atom stereocenters. The second kappa shape index (κ2) is 5.77. The summed E-state index contributed by atoms with van der Waals surface area (Å²) in [6.07, 6.45) is 4.25. The summed E-state index contributed by atoms with van der Waals surface area (Å²) >= 11 is 5.63. The van der Waals surface area contributed by atoms with Gasteiger partial charge in [0, 0.05) is 30.8 Å². The van der Waals surface area contributed by atoms with Crippen molar-refractivity contribution >= 4 is 23.0 Å². The molecule has 2 fully saturated rings. The number of rotatable bonds is 3. The zero-order valence-electron chi connectivity index (χ0n) is 11.5. The zero-order chi connectivity index (χ0) is 15.0. The van der Waals surface area contributed by atoms with Gasteiger partial charge in [0.05, 0.1) is 9.95 Å². The van der Waals surface area contributed by atoms with E-state index in [-0.39, 0.29) is 22.4 Å². The molecular formula is C14H17ClFN3O2. The van der Waals surface area contributed by atoms with E-state index in [2.05, 4.69) is 10.2 Å². The Morgan fingerprint density at radius 3 is 2.95 bits per heavy atom. The number of hydrogen-bond donors (Lipinski definition) is 1. The number of halogens is 2. The van der Waals surface area contributed by atoms with Gasteiger partial charge in [-0.15, -0.1) is 0 Å². The van der Waals surface area contributed by atoms with Gasteiger partial charge in [-0.05, 0) is 32.2 Å². The van der Waals surface area contributed by atoms with Crippen LogP contribution in [0.25, 0.3) is 0 Å². The summed E-state index contributed by atoms with van der Waals surface area (Å²) in [5.41, 5.74) is 0.0496. The minimum Gasteiger partial charge on any atom is -0.377 e. The van der Waals surface area contributed by atoms with E-state index in [1.54, 1.807) is 0 Å². The van der Waals surface area contributed by atoms with Gasteiger partial charge in [-0.1, -0.05) is 11.6 Å². The van der Waals surface area contributed by atoms with Gasteiger partial charge in [0.25, 0.3) is 5.69 Å². The third kappa shape index (κ3) is 2.96. The third-order valence-corrected chi connectivity index (χ3v) is 4.71. The zero-order valence-corrected chi connectivity index (χ0v) is 12.3. The molecule has 114 valence electrons. The Morgan fingerprint density at radius 2 is 2.19 bits per heavy atom. The molecule has 2 aliphatic rings. The van der Waals surface area contributed by atoms with E-state index in [9.17, 15) is 14.5 Å². The van der Waals surface area contributed by atoms with Gasteiger partial charge in [-0.2, -0.15) is 0 Å². The molecule has 2 unspecified atom stereocenters. The van der Waals surface area contributed by atoms with Crippen LogP contribution in [0.4, 0.5) is 15.8 Å². The maximum Gasteiger partial charge on any atom is 0.294 e. The van der Waals surface area contributed by atoms with Gasteiger partial charge < -0.3 is 10.2 Å². The number of nitro groups is 1. The fourth-order valence-electron chi connectivity index (χ4n) is 3.38. The highest BCUT2D eigenvalue weighted by Crippen LogP contribution is 2.34. The summed E-state index contributed by atoms with van der Waals surface area (Å²) in [7, 11) is 0. The van der Waals surface area contributed by atoms with Crippen LogP contribution < -0.4 is 5.32 Å². The lowest BCUT2D eigenvalue weighted by Gasteiger charge is -2.35. The van der Waals surface area contributed by atoms with Crippen LogP contribution in [0, 0.1) is 15.9 Å². The molecule has 0 bridgehead atoms. The van der Waals surface area contributed by atoms with E-state index < -0.39 is 10.7 Å². The van der Waals surface area contributed by atoms with E-state index in [0.717, 1.165) is 38.1 Å². The summed E-state index contributed by atoms with van der Waals surface area (Å²) in [6.45, 7) is 2.14. The van der Waals surface area contributed by atoms with Crippen molar-refractivity contribution in [3.05, 3.63) is 33.1 Å². The maximum atomic E-state index is 13.6. The van der Waals surface area contributed by atoms with Crippen molar-refractivity contribution < 1.29 is 9.31 Å². The second-order valence-electron chi connectivity index (χ2n) is 5.74. The quantitative estimate of drug-likeness (QED) is 0.686. The maximum absolute atomic E-state index is 13.6. The summed E-state index contributed by atoms with van der Waals surface area (Å²) in [5.74, 6) is -0.636. The molecule has 0 amide bonds. The Morgan fingerprint density at radius 1 is 1.38 bits per heavy atom. The molecule has 2 saturated heterocycles. The molecule has 1 N–H and O–H groups in total. The smallest absolute Gasteiger partial charge is 0.294 e. The lowest BCUT2D eigenvalue weighted by atomic mass is 9.97.